The highest BCUT2D eigenvalue weighted by molar-refractivity contribution is 4.95. The third-order valence-electron chi connectivity index (χ3n) is 5.05. The maximum Gasteiger partial charge on any atom is 0.0593 e. The molecule has 3 fully saturated rings. The molecule has 1 saturated heterocycles. The zero-order chi connectivity index (χ0) is 12.4. The average molecular weight is 252 g/mol. The van der Waals surface area contributed by atoms with E-state index in [1.165, 1.54) is 45.2 Å². The number of nitrogens with one attached hydrogen (secondary N) is 1. The first-order valence-corrected chi connectivity index (χ1v) is 7.82. The topological polar surface area (TPSA) is 24.5 Å². The van der Waals surface area contributed by atoms with Gasteiger partial charge in [-0.3, -0.25) is 0 Å². The number of rotatable bonds is 7. The van der Waals surface area contributed by atoms with E-state index in [4.69, 9.17) is 4.74 Å². The van der Waals surface area contributed by atoms with E-state index in [-0.39, 0.29) is 0 Å². The van der Waals surface area contributed by atoms with Gasteiger partial charge in [-0.15, -0.1) is 0 Å². The molecule has 3 atom stereocenters. The molecule has 1 heterocycles. The Balaban J connectivity index is 1.31. The van der Waals surface area contributed by atoms with Crippen LogP contribution in [0, 0.1) is 17.8 Å². The van der Waals surface area contributed by atoms with Crippen LogP contribution in [0.15, 0.2) is 0 Å². The predicted molar refractivity (Wildman–Crippen MR) is 73.7 cm³/mol. The van der Waals surface area contributed by atoms with Crippen molar-refractivity contribution in [2.75, 3.05) is 39.9 Å². The molecular weight excluding hydrogens is 224 g/mol. The van der Waals surface area contributed by atoms with Crippen molar-refractivity contribution in [1.29, 1.82) is 0 Å². The molecule has 3 rings (SSSR count). The molecular formula is C15H28N2O. The van der Waals surface area contributed by atoms with E-state index >= 15 is 0 Å². The van der Waals surface area contributed by atoms with Crippen molar-refractivity contribution in [2.45, 2.75) is 38.1 Å². The quantitative estimate of drug-likeness (QED) is 0.698. The van der Waals surface area contributed by atoms with Gasteiger partial charge in [0.1, 0.15) is 0 Å². The Morgan fingerprint density at radius 3 is 2.94 bits per heavy atom. The van der Waals surface area contributed by atoms with Crippen molar-refractivity contribution in [1.82, 2.24) is 10.2 Å². The van der Waals surface area contributed by atoms with Crippen LogP contribution in [-0.4, -0.2) is 50.8 Å². The van der Waals surface area contributed by atoms with E-state index < -0.39 is 0 Å². The van der Waals surface area contributed by atoms with E-state index in [0.29, 0.717) is 0 Å². The third kappa shape index (κ3) is 3.25. The Kier molecular flexibility index (Phi) is 4.22. The van der Waals surface area contributed by atoms with Crippen molar-refractivity contribution in [2.24, 2.45) is 17.8 Å². The Bertz CT molecular complexity index is 267. The van der Waals surface area contributed by atoms with Crippen LogP contribution in [0.2, 0.25) is 0 Å². The van der Waals surface area contributed by atoms with Gasteiger partial charge >= 0.3 is 0 Å². The second-order valence-electron chi connectivity index (χ2n) is 6.65. The molecule has 2 saturated carbocycles. The zero-order valence-corrected chi connectivity index (χ0v) is 11.7. The summed E-state index contributed by atoms with van der Waals surface area (Å²) in [6.45, 7) is 5.46. The van der Waals surface area contributed by atoms with Crippen LogP contribution in [-0.2, 0) is 4.74 Å². The summed E-state index contributed by atoms with van der Waals surface area (Å²) in [5.74, 6) is 2.83. The van der Waals surface area contributed by atoms with Crippen LogP contribution < -0.4 is 5.32 Å². The Morgan fingerprint density at radius 2 is 2.11 bits per heavy atom. The van der Waals surface area contributed by atoms with Gasteiger partial charge in [0.2, 0.25) is 0 Å². The largest absolute Gasteiger partial charge is 0.380 e. The number of hydrogen-bond donors (Lipinski definition) is 1. The number of nitrogens with zero attached hydrogens (tertiary/aromatic N) is 1. The molecule has 0 aromatic carbocycles. The minimum atomic E-state index is 0.742. The van der Waals surface area contributed by atoms with Gasteiger partial charge < -0.3 is 15.0 Å². The molecule has 0 amide bonds. The lowest BCUT2D eigenvalue weighted by molar-refractivity contribution is 0.0996. The van der Waals surface area contributed by atoms with Gasteiger partial charge in [0.15, 0.2) is 0 Å². The zero-order valence-electron chi connectivity index (χ0n) is 11.7. The second-order valence-corrected chi connectivity index (χ2v) is 6.65. The summed E-state index contributed by atoms with van der Waals surface area (Å²) in [5, 5.41) is 3.73. The number of ether oxygens (including phenoxy) is 1. The molecule has 104 valence electrons. The fourth-order valence-electron chi connectivity index (χ4n) is 3.68. The van der Waals surface area contributed by atoms with E-state index in [9.17, 15) is 0 Å². The first-order chi connectivity index (χ1) is 8.83. The molecule has 0 spiro atoms. The summed E-state index contributed by atoms with van der Waals surface area (Å²) in [4.78, 5) is 2.45. The number of hydrogen-bond acceptors (Lipinski definition) is 3. The van der Waals surface area contributed by atoms with E-state index in [1.807, 2.05) is 0 Å². The lowest BCUT2D eigenvalue weighted by Crippen LogP contribution is -2.40. The number of fused-ring (bicyclic) bond motifs is 1. The fraction of sp³-hybridized carbons (Fsp3) is 1.00. The van der Waals surface area contributed by atoms with Gasteiger partial charge in [0, 0.05) is 25.7 Å². The SMILES string of the molecule is CN(CCOCC1CC1)CC1NCC2CCCC21. The summed E-state index contributed by atoms with van der Waals surface area (Å²) in [6.07, 6.45) is 7.16. The van der Waals surface area contributed by atoms with Gasteiger partial charge in [-0.1, -0.05) is 6.42 Å². The van der Waals surface area contributed by atoms with E-state index in [0.717, 1.165) is 43.6 Å². The standard InChI is InChI=1S/C15H28N2O/c1-17(7-8-18-11-12-5-6-12)10-15-14-4-2-3-13(14)9-16-15/h12-16H,2-11H2,1H3. The molecule has 1 aliphatic heterocycles. The summed E-state index contributed by atoms with van der Waals surface area (Å²) in [5.41, 5.74) is 0. The lowest BCUT2D eigenvalue weighted by atomic mass is 9.94. The minimum absolute atomic E-state index is 0.742. The van der Waals surface area contributed by atoms with Crippen molar-refractivity contribution in [3.8, 4) is 0 Å². The molecule has 3 heteroatoms. The maximum absolute atomic E-state index is 5.72. The highest BCUT2D eigenvalue weighted by Gasteiger charge is 2.38. The Morgan fingerprint density at radius 1 is 1.22 bits per heavy atom. The van der Waals surface area contributed by atoms with E-state index in [2.05, 4.69) is 17.3 Å². The first-order valence-electron chi connectivity index (χ1n) is 7.82. The third-order valence-corrected chi connectivity index (χ3v) is 5.05. The van der Waals surface area contributed by atoms with Crippen LogP contribution in [0.3, 0.4) is 0 Å². The molecule has 18 heavy (non-hydrogen) atoms. The highest BCUT2D eigenvalue weighted by Crippen LogP contribution is 2.37. The molecule has 2 aliphatic carbocycles. The molecule has 0 aromatic rings. The van der Waals surface area contributed by atoms with Crippen molar-refractivity contribution >= 4 is 0 Å². The van der Waals surface area contributed by atoms with Gasteiger partial charge in [0.05, 0.1) is 6.61 Å². The highest BCUT2D eigenvalue weighted by atomic mass is 16.5. The monoisotopic (exact) mass is 252 g/mol. The van der Waals surface area contributed by atoms with Crippen LogP contribution in [0.1, 0.15) is 32.1 Å². The van der Waals surface area contributed by atoms with Crippen LogP contribution in [0.25, 0.3) is 0 Å². The molecule has 1 N–H and O–H groups in total. The summed E-state index contributed by atoms with van der Waals surface area (Å²) < 4.78 is 5.72. The molecule has 0 aromatic heterocycles. The molecule has 0 bridgehead atoms. The molecule has 3 aliphatic rings. The van der Waals surface area contributed by atoms with Crippen LogP contribution in [0.4, 0.5) is 0 Å². The van der Waals surface area contributed by atoms with Crippen LogP contribution in [0.5, 0.6) is 0 Å². The van der Waals surface area contributed by atoms with Crippen LogP contribution >= 0.6 is 0 Å². The van der Waals surface area contributed by atoms with Gasteiger partial charge in [-0.05, 0) is 57.0 Å². The molecule has 3 unspecified atom stereocenters. The van der Waals surface area contributed by atoms with E-state index in [1.54, 1.807) is 0 Å². The predicted octanol–water partition coefficient (Wildman–Crippen LogP) is 1.73. The Labute approximate surface area is 111 Å². The van der Waals surface area contributed by atoms with Gasteiger partial charge in [0.25, 0.3) is 0 Å². The Hall–Kier alpha value is -0.120. The van der Waals surface area contributed by atoms with Gasteiger partial charge in [-0.2, -0.15) is 0 Å². The smallest absolute Gasteiger partial charge is 0.0593 e. The number of likely N-dealkylation sites (N-methyl/N-ethyl adjacent to an activating group) is 1. The normalized spacial score (nSPS) is 35.3. The van der Waals surface area contributed by atoms with Crippen molar-refractivity contribution < 1.29 is 4.74 Å². The summed E-state index contributed by atoms with van der Waals surface area (Å²) in [7, 11) is 2.24. The van der Waals surface area contributed by atoms with Crippen molar-refractivity contribution in [3.63, 3.8) is 0 Å². The summed E-state index contributed by atoms with van der Waals surface area (Å²) in [6, 6.07) is 0.742. The minimum Gasteiger partial charge on any atom is -0.380 e. The lowest BCUT2D eigenvalue weighted by Gasteiger charge is -2.25. The second kappa shape index (κ2) is 5.89. The molecule has 0 radical (unpaired) electrons. The molecule has 3 nitrogen and oxygen atoms in total. The van der Waals surface area contributed by atoms with Crippen molar-refractivity contribution in [3.05, 3.63) is 0 Å². The summed E-state index contributed by atoms with van der Waals surface area (Å²) >= 11 is 0. The van der Waals surface area contributed by atoms with Gasteiger partial charge in [-0.25, -0.2) is 0 Å². The first kappa shape index (κ1) is 12.9. The fourth-order valence-corrected chi connectivity index (χ4v) is 3.68. The average Bonchev–Trinajstić information content (AvgIpc) is 2.92. The maximum atomic E-state index is 5.72.